The number of fused-ring (bicyclic) bond motifs is 1. The smallest absolute Gasteiger partial charge is 0.256 e. The van der Waals surface area contributed by atoms with Crippen molar-refractivity contribution < 1.29 is 4.79 Å². The highest BCUT2D eigenvalue weighted by Gasteiger charge is 2.28. The van der Waals surface area contributed by atoms with Gasteiger partial charge in [0.2, 0.25) is 5.95 Å². The molecule has 1 saturated heterocycles. The van der Waals surface area contributed by atoms with E-state index in [-0.39, 0.29) is 11.3 Å². The first kappa shape index (κ1) is 22.3. The summed E-state index contributed by atoms with van der Waals surface area (Å²) in [6.07, 6.45) is 1.82. The highest BCUT2D eigenvalue weighted by molar-refractivity contribution is 6.04. The van der Waals surface area contributed by atoms with E-state index in [4.69, 9.17) is 4.98 Å². The van der Waals surface area contributed by atoms with E-state index in [1.54, 1.807) is 0 Å². The van der Waals surface area contributed by atoms with E-state index in [1.165, 1.54) is 5.56 Å². The monoisotopic (exact) mass is 460 g/mol. The lowest BCUT2D eigenvalue weighted by atomic mass is 9.87. The number of rotatable bonds is 4. The largest absolute Gasteiger partial charge is 0.346 e. The number of hydrogen-bond donors (Lipinski definition) is 2. The molecule has 178 valence electrons. The predicted octanol–water partition coefficient (Wildman–Crippen LogP) is 3.02. The minimum Gasteiger partial charge on any atom is -0.346 e. The molecule has 4 heterocycles. The van der Waals surface area contributed by atoms with Crippen molar-refractivity contribution >= 4 is 23.5 Å². The number of piperazine rings is 1. The fourth-order valence-corrected chi connectivity index (χ4v) is 4.38. The van der Waals surface area contributed by atoms with Crippen LogP contribution in [0.4, 0.5) is 17.6 Å². The van der Waals surface area contributed by atoms with Crippen LogP contribution in [0.5, 0.6) is 0 Å². The van der Waals surface area contributed by atoms with Crippen LogP contribution < -0.4 is 15.1 Å². The number of benzene rings is 1. The van der Waals surface area contributed by atoms with Crippen molar-refractivity contribution in [1.29, 1.82) is 0 Å². The lowest BCUT2D eigenvalue weighted by molar-refractivity contribution is 0.102. The Hall–Kier alpha value is -3.46. The summed E-state index contributed by atoms with van der Waals surface area (Å²) in [4.78, 5) is 28.9. The third-order valence-corrected chi connectivity index (χ3v) is 6.63. The normalized spacial score (nSPS) is 16.6. The van der Waals surface area contributed by atoms with E-state index in [2.05, 4.69) is 63.0 Å². The van der Waals surface area contributed by atoms with Gasteiger partial charge in [-0.3, -0.25) is 9.89 Å². The maximum absolute atomic E-state index is 12.9. The second kappa shape index (κ2) is 8.72. The van der Waals surface area contributed by atoms with Crippen LogP contribution in [-0.4, -0.2) is 64.2 Å². The lowest BCUT2D eigenvalue weighted by Crippen LogP contribution is -2.45. The molecule has 34 heavy (non-hydrogen) atoms. The quantitative estimate of drug-likeness (QED) is 0.618. The van der Waals surface area contributed by atoms with Gasteiger partial charge >= 0.3 is 0 Å². The molecule has 0 spiro atoms. The van der Waals surface area contributed by atoms with Gasteiger partial charge in [-0.2, -0.15) is 10.1 Å². The summed E-state index contributed by atoms with van der Waals surface area (Å²) in [5.74, 6) is 2.07. The van der Waals surface area contributed by atoms with Crippen molar-refractivity contribution in [3.8, 4) is 0 Å². The molecular formula is C25H32N8O. The number of nitrogens with zero attached hydrogens (tertiary/aromatic N) is 6. The zero-order valence-corrected chi connectivity index (χ0v) is 20.3. The molecule has 3 aromatic rings. The summed E-state index contributed by atoms with van der Waals surface area (Å²) >= 11 is 0. The third-order valence-electron chi connectivity index (χ3n) is 6.63. The van der Waals surface area contributed by atoms with Gasteiger partial charge in [0.15, 0.2) is 5.82 Å². The number of carbonyl (C=O) groups excluding carboxylic acids is 1. The number of likely N-dealkylation sites (N-methyl/N-ethyl adjacent to an activating group) is 1. The summed E-state index contributed by atoms with van der Waals surface area (Å²) in [5, 5.41) is 10.4. The molecule has 0 aliphatic carbocycles. The Morgan fingerprint density at radius 3 is 2.44 bits per heavy atom. The number of nitrogens with one attached hydrogen (secondary N) is 2. The SMILES string of the molecule is CN1CCN(c2nccc(N3Cc4[nH]nc(NC(=O)c5ccc(C(C)(C)C)cc5)c4C3)n2)CC1. The highest BCUT2D eigenvalue weighted by atomic mass is 16.1. The Morgan fingerprint density at radius 2 is 1.74 bits per heavy atom. The average molecular weight is 461 g/mol. The van der Waals surface area contributed by atoms with Gasteiger partial charge in [-0.05, 0) is 36.2 Å². The number of H-pyrrole nitrogens is 1. The Balaban J connectivity index is 1.27. The summed E-state index contributed by atoms with van der Waals surface area (Å²) in [6.45, 7) is 11.6. The zero-order valence-electron chi connectivity index (χ0n) is 20.3. The van der Waals surface area contributed by atoms with Crippen LogP contribution in [0.2, 0.25) is 0 Å². The molecule has 0 unspecified atom stereocenters. The molecule has 9 heteroatoms. The van der Waals surface area contributed by atoms with Gasteiger partial charge in [0.25, 0.3) is 5.91 Å². The maximum atomic E-state index is 12.9. The second-order valence-electron chi connectivity index (χ2n) is 10.2. The number of aromatic amines is 1. The van der Waals surface area contributed by atoms with Crippen LogP contribution in [0.3, 0.4) is 0 Å². The zero-order chi connectivity index (χ0) is 23.9. The first-order valence-electron chi connectivity index (χ1n) is 11.8. The Kier molecular flexibility index (Phi) is 5.73. The summed E-state index contributed by atoms with van der Waals surface area (Å²) in [7, 11) is 2.14. The first-order valence-corrected chi connectivity index (χ1v) is 11.8. The molecule has 1 amide bonds. The summed E-state index contributed by atoms with van der Waals surface area (Å²) in [5.41, 5.74) is 3.86. The first-order chi connectivity index (χ1) is 16.3. The molecule has 1 fully saturated rings. The van der Waals surface area contributed by atoms with Crippen molar-refractivity contribution in [3.63, 3.8) is 0 Å². The fourth-order valence-electron chi connectivity index (χ4n) is 4.38. The fraction of sp³-hybridized carbons (Fsp3) is 0.440. The standard InChI is InChI=1S/C25H32N8O/c1-25(2,3)18-7-5-17(6-8-18)23(34)28-22-19-15-33(16-20(19)29-30-22)21-9-10-26-24(27-21)32-13-11-31(4)12-14-32/h5-10H,11-16H2,1-4H3,(H2,28,29,30,34). The number of carbonyl (C=O) groups is 1. The molecule has 2 N–H and O–H groups in total. The van der Waals surface area contributed by atoms with E-state index < -0.39 is 0 Å². The van der Waals surface area contributed by atoms with Crippen LogP contribution in [0.1, 0.15) is 48.0 Å². The van der Waals surface area contributed by atoms with E-state index in [0.29, 0.717) is 24.5 Å². The number of anilines is 3. The van der Waals surface area contributed by atoms with Gasteiger partial charge in [0, 0.05) is 43.5 Å². The molecule has 0 atom stereocenters. The highest BCUT2D eigenvalue weighted by Crippen LogP contribution is 2.31. The van der Waals surface area contributed by atoms with Crippen molar-refractivity contribution in [2.45, 2.75) is 39.3 Å². The van der Waals surface area contributed by atoms with Crippen LogP contribution >= 0.6 is 0 Å². The van der Waals surface area contributed by atoms with Gasteiger partial charge in [0.05, 0.1) is 18.8 Å². The molecule has 5 rings (SSSR count). The predicted molar refractivity (Wildman–Crippen MR) is 133 cm³/mol. The number of aromatic nitrogens is 4. The molecule has 0 bridgehead atoms. The van der Waals surface area contributed by atoms with E-state index in [1.807, 2.05) is 36.5 Å². The summed E-state index contributed by atoms with van der Waals surface area (Å²) in [6, 6.07) is 9.71. The number of hydrogen-bond acceptors (Lipinski definition) is 7. The van der Waals surface area contributed by atoms with Crippen LogP contribution in [0.15, 0.2) is 36.5 Å². The Labute approximate surface area is 200 Å². The number of amides is 1. The van der Waals surface area contributed by atoms with Gasteiger partial charge in [-0.1, -0.05) is 32.9 Å². The molecule has 0 saturated carbocycles. The molecule has 9 nitrogen and oxygen atoms in total. The summed E-state index contributed by atoms with van der Waals surface area (Å²) < 4.78 is 0. The molecular weight excluding hydrogens is 428 g/mol. The van der Waals surface area contributed by atoms with Gasteiger partial charge < -0.3 is 20.0 Å². The molecule has 2 aromatic heterocycles. The van der Waals surface area contributed by atoms with Crippen molar-refractivity contribution in [2.75, 3.05) is 48.3 Å². The van der Waals surface area contributed by atoms with Crippen LogP contribution in [0, 0.1) is 0 Å². The minimum atomic E-state index is -0.160. The second-order valence-corrected chi connectivity index (χ2v) is 10.2. The Bertz CT molecular complexity index is 1170. The van der Waals surface area contributed by atoms with Gasteiger partial charge in [-0.25, -0.2) is 4.98 Å². The van der Waals surface area contributed by atoms with Crippen LogP contribution in [0.25, 0.3) is 0 Å². The van der Waals surface area contributed by atoms with Gasteiger partial charge in [-0.15, -0.1) is 0 Å². The third kappa shape index (κ3) is 4.48. The molecule has 1 aromatic carbocycles. The van der Waals surface area contributed by atoms with Crippen molar-refractivity contribution in [1.82, 2.24) is 25.1 Å². The van der Waals surface area contributed by atoms with E-state index >= 15 is 0 Å². The minimum absolute atomic E-state index is 0.0483. The lowest BCUT2D eigenvalue weighted by Gasteiger charge is -2.32. The molecule has 0 radical (unpaired) electrons. The molecule has 2 aliphatic rings. The molecule has 2 aliphatic heterocycles. The van der Waals surface area contributed by atoms with Crippen molar-refractivity contribution in [3.05, 3.63) is 58.9 Å². The van der Waals surface area contributed by atoms with Gasteiger partial charge in [0.1, 0.15) is 5.82 Å². The van der Waals surface area contributed by atoms with E-state index in [0.717, 1.165) is 49.2 Å². The average Bonchev–Trinajstić information content (AvgIpc) is 3.41. The van der Waals surface area contributed by atoms with E-state index in [9.17, 15) is 4.79 Å². The maximum Gasteiger partial charge on any atom is 0.256 e. The topological polar surface area (TPSA) is 93.3 Å². The van der Waals surface area contributed by atoms with Crippen molar-refractivity contribution in [2.24, 2.45) is 0 Å². The Morgan fingerprint density at radius 1 is 1.00 bits per heavy atom. The van der Waals surface area contributed by atoms with Crippen LogP contribution in [-0.2, 0) is 18.5 Å².